The lowest BCUT2D eigenvalue weighted by molar-refractivity contribution is -0.143. The Hall–Kier alpha value is -4.22. The summed E-state index contributed by atoms with van der Waals surface area (Å²) in [7, 11) is 0. The number of urea groups is 1. The Morgan fingerprint density at radius 3 is 1.95 bits per heavy atom. The number of anilines is 3. The Bertz CT molecular complexity index is 1450. The molecule has 3 amide bonds. The molecule has 2 aliphatic heterocycles. The Balaban J connectivity index is 1.41. The molecule has 2 aliphatic rings. The minimum atomic E-state index is -5.05. The highest BCUT2D eigenvalue weighted by atomic mass is 19.4. The van der Waals surface area contributed by atoms with E-state index >= 15 is 0 Å². The van der Waals surface area contributed by atoms with Gasteiger partial charge in [-0.3, -0.25) is 4.79 Å². The largest absolute Gasteiger partial charge is 0.416 e. The number of piperidine rings is 1. The van der Waals surface area contributed by atoms with Gasteiger partial charge in [0, 0.05) is 43.2 Å². The van der Waals surface area contributed by atoms with Crippen LogP contribution in [0.4, 0.5) is 48.2 Å². The quantitative estimate of drug-likeness (QED) is 0.309. The predicted molar refractivity (Wildman–Crippen MR) is 146 cm³/mol. The first kappa shape index (κ1) is 29.3. The number of fused-ring (bicyclic) bond motifs is 1. The molecule has 2 N–H and O–H groups in total. The minimum Gasteiger partial charge on any atom is -0.366 e. The summed E-state index contributed by atoms with van der Waals surface area (Å²) in [6, 6.07) is 12.6. The second kappa shape index (κ2) is 11.6. The second-order valence-electron chi connectivity index (χ2n) is 10.4. The zero-order valence-corrected chi connectivity index (χ0v) is 22.4. The second-order valence-corrected chi connectivity index (χ2v) is 10.4. The summed E-state index contributed by atoms with van der Waals surface area (Å²) in [6.07, 6.45) is -6.56. The van der Waals surface area contributed by atoms with Gasteiger partial charge in [-0.1, -0.05) is 24.3 Å². The van der Waals surface area contributed by atoms with Crippen molar-refractivity contribution in [1.82, 2.24) is 4.90 Å². The van der Waals surface area contributed by atoms with Gasteiger partial charge in [-0.15, -0.1) is 0 Å². The van der Waals surface area contributed by atoms with E-state index in [-0.39, 0.29) is 17.7 Å². The van der Waals surface area contributed by atoms with E-state index in [0.717, 1.165) is 31.2 Å². The Morgan fingerprint density at radius 2 is 1.31 bits per heavy atom. The van der Waals surface area contributed by atoms with Crippen molar-refractivity contribution in [1.29, 1.82) is 0 Å². The molecule has 0 spiro atoms. The monoisotopic (exact) mass is 590 g/mol. The summed E-state index contributed by atoms with van der Waals surface area (Å²) in [4.78, 5) is 30.2. The van der Waals surface area contributed by atoms with Gasteiger partial charge in [0.05, 0.1) is 16.7 Å². The van der Waals surface area contributed by atoms with Crippen molar-refractivity contribution in [3.05, 3.63) is 88.5 Å². The smallest absolute Gasteiger partial charge is 0.366 e. The summed E-state index contributed by atoms with van der Waals surface area (Å²) in [5, 5.41) is 4.51. The van der Waals surface area contributed by atoms with Crippen LogP contribution in [0.15, 0.2) is 60.7 Å². The van der Waals surface area contributed by atoms with E-state index in [1.54, 1.807) is 17.0 Å². The zero-order valence-electron chi connectivity index (χ0n) is 22.4. The maximum atomic E-state index is 13.7. The molecule has 1 fully saturated rings. The summed E-state index contributed by atoms with van der Waals surface area (Å²) < 4.78 is 79.4. The lowest BCUT2D eigenvalue weighted by atomic mass is 9.98. The molecule has 0 unspecified atom stereocenters. The molecule has 0 atom stereocenters. The summed E-state index contributed by atoms with van der Waals surface area (Å²) in [5.41, 5.74) is -0.202. The number of hydrogen-bond donors (Lipinski definition) is 2. The molecule has 1 saturated heterocycles. The summed E-state index contributed by atoms with van der Waals surface area (Å²) in [5.74, 6) is -0.208. The van der Waals surface area contributed by atoms with Gasteiger partial charge in [-0.2, -0.15) is 26.3 Å². The average molecular weight is 591 g/mol. The topological polar surface area (TPSA) is 64.7 Å². The van der Waals surface area contributed by atoms with Crippen molar-refractivity contribution in [2.45, 2.75) is 44.6 Å². The van der Waals surface area contributed by atoms with Crippen LogP contribution in [0.2, 0.25) is 0 Å². The van der Waals surface area contributed by atoms with Crippen LogP contribution in [0.25, 0.3) is 0 Å². The number of rotatable bonds is 4. The number of amides is 3. The predicted octanol–water partition coefficient (Wildman–Crippen LogP) is 7.56. The number of nitrogens with one attached hydrogen (secondary N) is 2. The highest BCUT2D eigenvalue weighted by Crippen LogP contribution is 2.38. The van der Waals surface area contributed by atoms with Crippen LogP contribution in [-0.2, 0) is 25.3 Å². The van der Waals surface area contributed by atoms with E-state index in [1.165, 1.54) is 11.6 Å². The Kier molecular flexibility index (Phi) is 8.07. The molecule has 2 heterocycles. The van der Waals surface area contributed by atoms with Gasteiger partial charge in [0.1, 0.15) is 0 Å². The molecule has 42 heavy (non-hydrogen) atoms. The van der Waals surface area contributed by atoms with Crippen LogP contribution in [0.1, 0.15) is 51.9 Å². The van der Waals surface area contributed by atoms with Crippen LogP contribution in [-0.4, -0.2) is 36.5 Å². The first-order valence-electron chi connectivity index (χ1n) is 13.5. The van der Waals surface area contributed by atoms with Crippen molar-refractivity contribution in [3.8, 4) is 0 Å². The van der Waals surface area contributed by atoms with E-state index in [1.807, 2.05) is 18.2 Å². The Labute approximate surface area is 238 Å². The van der Waals surface area contributed by atoms with Gasteiger partial charge >= 0.3 is 18.4 Å². The third-order valence-corrected chi connectivity index (χ3v) is 7.44. The first-order chi connectivity index (χ1) is 19.9. The Morgan fingerprint density at radius 1 is 0.690 bits per heavy atom. The van der Waals surface area contributed by atoms with Crippen molar-refractivity contribution in [2.75, 3.05) is 35.2 Å². The third kappa shape index (κ3) is 6.63. The van der Waals surface area contributed by atoms with E-state index in [0.29, 0.717) is 49.6 Å². The molecule has 6 nitrogen and oxygen atoms in total. The van der Waals surface area contributed by atoms with Crippen LogP contribution >= 0.6 is 0 Å². The third-order valence-electron chi connectivity index (χ3n) is 7.44. The summed E-state index contributed by atoms with van der Waals surface area (Å²) >= 11 is 0. The molecule has 0 aromatic heterocycles. The molecule has 12 heteroatoms. The van der Waals surface area contributed by atoms with Gasteiger partial charge < -0.3 is 20.4 Å². The number of hydrogen-bond acceptors (Lipinski definition) is 3. The maximum absolute atomic E-state index is 13.7. The van der Waals surface area contributed by atoms with Gasteiger partial charge in [0.2, 0.25) is 0 Å². The molecule has 5 rings (SSSR count). The standard InChI is InChI=1S/C30H28F6N4O2/c31-29(32,33)21-14-22(30(34,35)36)16-24(15-21)38-28(42)37-23-8-9-26(25(17-23)27(41)39-11-4-1-5-12-39)40-13-10-19-6-2-3-7-20(19)18-40/h2-3,6-9,14-17H,1,4-5,10-13,18H2,(H2,37,38,42). The van der Waals surface area contributed by atoms with E-state index in [9.17, 15) is 35.9 Å². The molecule has 0 radical (unpaired) electrons. The number of likely N-dealkylation sites (tertiary alicyclic amines) is 1. The number of halogens is 6. The van der Waals surface area contributed by atoms with Gasteiger partial charge in [0.25, 0.3) is 5.91 Å². The highest BCUT2D eigenvalue weighted by molar-refractivity contribution is 6.04. The lowest BCUT2D eigenvalue weighted by Crippen LogP contribution is -2.38. The molecule has 0 bridgehead atoms. The number of alkyl halides is 6. The number of carbonyl (C=O) groups excluding carboxylic acids is 2. The van der Waals surface area contributed by atoms with Crippen molar-refractivity contribution in [2.24, 2.45) is 0 Å². The molecular formula is C30H28F6N4O2. The molecule has 3 aromatic rings. The number of nitrogens with zero attached hydrogens (tertiary/aromatic N) is 2. The van der Waals surface area contributed by atoms with E-state index in [2.05, 4.69) is 21.6 Å². The normalized spacial score (nSPS) is 15.7. The van der Waals surface area contributed by atoms with Gasteiger partial charge in [-0.25, -0.2) is 4.79 Å². The lowest BCUT2D eigenvalue weighted by Gasteiger charge is -2.34. The molecule has 0 saturated carbocycles. The fourth-order valence-electron chi connectivity index (χ4n) is 5.35. The SMILES string of the molecule is O=C(Nc1cc(C(F)(F)F)cc(C(F)(F)F)c1)Nc1ccc(N2CCc3ccccc3C2)c(C(=O)N2CCCCC2)c1. The van der Waals surface area contributed by atoms with Crippen LogP contribution < -0.4 is 15.5 Å². The maximum Gasteiger partial charge on any atom is 0.416 e. The molecule has 0 aliphatic carbocycles. The van der Waals surface area contributed by atoms with Crippen LogP contribution in [0, 0.1) is 0 Å². The molecule has 222 valence electrons. The van der Waals surface area contributed by atoms with Crippen LogP contribution in [0.5, 0.6) is 0 Å². The number of benzene rings is 3. The van der Waals surface area contributed by atoms with Gasteiger partial charge in [-0.05, 0) is 73.2 Å². The average Bonchev–Trinajstić information content (AvgIpc) is 2.96. The first-order valence-corrected chi connectivity index (χ1v) is 13.5. The fourth-order valence-corrected chi connectivity index (χ4v) is 5.35. The fraction of sp³-hybridized carbons (Fsp3) is 0.333. The van der Waals surface area contributed by atoms with Crippen molar-refractivity contribution >= 4 is 29.0 Å². The van der Waals surface area contributed by atoms with Crippen LogP contribution in [0.3, 0.4) is 0 Å². The van der Waals surface area contributed by atoms with E-state index < -0.39 is 35.2 Å². The molecule has 3 aromatic carbocycles. The summed E-state index contributed by atoms with van der Waals surface area (Å²) in [6.45, 7) is 2.44. The van der Waals surface area contributed by atoms with Crippen molar-refractivity contribution < 1.29 is 35.9 Å². The number of carbonyl (C=O) groups is 2. The molecular weight excluding hydrogens is 562 g/mol. The zero-order chi connectivity index (χ0) is 30.1. The van der Waals surface area contributed by atoms with E-state index in [4.69, 9.17) is 0 Å². The van der Waals surface area contributed by atoms with Crippen molar-refractivity contribution in [3.63, 3.8) is 0 Å². The highest BCUT2D eigenvalue weighted by Gasteiger charge is 2.37. The van der Waals surface area contributed by atoms with Gasteiger partial charge in [0.15, 0.2) is 0 Å². The minimum absolute atomic E-state index is 0.0146.